The first-order chi connectivity index (χ1) is 10.2. The maximum absolute atomic E-state index is 4.64. The molecule has 2 heterocycles. The summed E-state index contributed by atoms with van der Waals surface area (Å²) in [5.41, 5.74) is 2.25. The Labute approximate surface area is 141 Å². The van der Waals surface area contributed by atoms with Crippen LogP contribution in [0.1, 0.15) is 5.82 Å². The van der Waals surface area contributed by atoms with Crippen LogP contribution in [0.4, 0.5) is 0 Å². The monoisotopic (exact) mass is 484 g/mol. The van der Waals surface area contributed by atoms with Crippen LogP contribution in [0.2, 0.25) is 0 Å². The van der Waals surface area contributed by atoms with Crippen LogP contribution in [0.25, 0.3) is 31.4 Å². The molecular formula is C17H11BiN2S. The molecule has 0 aliphatic heterocycles. The molecule has 4 rings (SSSR count). The molecule has 2 nitrogen and oxygen atoms in total. The summed E-state index contributed by atoms with van der Waals surface area (Å²) in [5.74, 6) is 0.850. The second-order valence-electron chi connectivity index (χ2n) is 4.94. The van der Waals surface area contributed by atoms with Crippen molar-refractivity contribution in [2.75, 3.05) is 0 Å². The Bertz CT molecular complexity index is 955. The molecule has 0 unspecified atom stereocenters. The van der Waals surface area contributed by atoms with Crippen molar-refractivity contribution in [3.8, 4) is 11.3 Å². The van der Waals surface area contributed by atoms with Crippen LogP contribution in [-0.4, -0.2) is 34.7 Å². The van der Waals surface area contributed by atoms with E-state index in [9.17, 15) is 0 Å². The average Bonchev–Trinajstić information content (AvgIpc) is 2.84. The summed E-state index contributed by atoms with van der Waals surface area (Å²) in [6, 6.07) is 17.2. The maximum atomic E-state index is 4.64. The Morgan fingerprint density at radius 3 is 2.62 bits per heavy atom. The molecule has 4 heteroatoms. The first-order valence-electron chi connectivity index (χ1n) is 6.67. The minimum absolute atomic E-state index is 0.850. The number of benzene rings is 2. The summed E-state index contributed by atoms with van der Waals surface area (Å²) < 4.78 is 3.76. The van der Waals surface area contributed by atoms with Gasteiger partial charge in [-0.1, -0.05) is 0 Å². The molecule has 0 aliphatic rings. The number of hydrogen-bond acceptors (Lipinski definition) is 3. The summed E-state index contributed by atoms with van der Waals surface area (Å²) in [6.07, 6.45) is 0. The predicted octanol–water partition coefficient (Wildman–Crippen LogP) is 3.61. The molecule has 0 saturated heterocycles. The average molecular weight is 484 g/mol. The van der Waals surface area contributed by atoms with E-state index >= 15 is 0 Å². The van der Waals surface area contributed by atoms with Crippen molar-refractivity contribution < 1.29 is 0 Å². The number of rotatable bonds is 1. The van der Waals surface area contributed by atoms with Crippen molar-refractivity contribution in [1.82, 2.24) is 9.97 Å². The molecule has 100 valence electrons. The number of hydrogen-bond donors (Lipinski definition) is 0. The molecule has 0 fully saturated rings. The Balaban J connectivity index is 2.09. The quantitative estimate of drug-likeness (QED) is 0.386. The molecule has 0 saturated carbocycles. The van der Waals surface area contributed by atoms with Crippen LogP contribution < -0.4 is 3.40 Å². The molecule has 0 atom stereocenters. The van der Waals surface area contributed by atoms with Gasteiger partial charge in [-0.3, -0.25) is 0 Å². The van der Waals surface area contributed by atoms with Gasteiger partial charge in [-0.15, -0.1) is 0 Å². The van der Waals surface area contributed by atoms with E-state index in [0.29, 0.717) is 0 Å². The Hall–Kier alpha value is -1.38. The van der Waals surface area contributed by atoms with Gasteiger partial charge in [0, 0.05) is 0 Å². The number of aromatic nitrogens is 2. The van der Waals surface area contributed by atoms with E-state index in [1.54, 1.807) is 0 Å². The van der Waals surface area contributed by atoms with Gasteiger partial charge < -0.3 is 0 Å². The predicted molar refractivity (Wildman–Crippen MR) is 90.5 cm³/mol. The molecule has 21 heavy (non-hydrogen) atoms. The minimum atomic E-state index is 0.850. The molecule has 2 aromatic carbocycles. The Morgan fingerprint density at radius 1 is 0.952 bits per heavy atom. The van der Waals surface area contributed by atoms with Gasteiger partial charge >= 0.3 is 142 Å². The van der Waals surface area contributed by atoms with Crippen molar-refractivity contribution >= 4 is 59.6 Å². The van der Waals surface area contributed by atoms with Crippen molar-refractivity contribution in [2.45, 2.75) is 6.92 Å². The number of fused-ring (bicyclic) bond motifs is 3. The van der Waals surface area contributed by atoms with E-state index in [0.717, 1.165) is 39.6 Å². The van der Waals surface area contributed by atoms with Gasteiger partial charge in [0.25, 0.3) is 0 Å². The van der Waals surface area contributed by atoms with E-state index in [1.807, 2.05) is 18.3 Å². The zero-order valence-electron chi connectivity index (χ0n) is 11.4. The van der Waals surface area contributed by atoms with Crippen molar-refractivity contribution in [3.05, 3.63) is 54.4 Å². The third kappa shape index (κ3) is 2.27. The molecule has 0 spiro atoms. The Kier molecular flexibility index (Phi) is 3.24. The summed E-state index contributed by atoms with van der Waals surface area (Å²) in [7, 11) is 0. The van der Waals surface area contributed by atoms with Gasteiger partial charge in [-0.2, -0.15) is 0 Å². The van der Waals surface area contributed by atoms with Crippen LogP contribution in [-0.2, 0) is 0 Å². The molecular weight excluding hydrogens is 473 g/mol. The molecule has 2 radical (unpaired) electrons. The number of nitrogens with zero attached hydrogens (tertiary/aromatic N) is 2. The summed E-state index contributed by atoms with van der Waals surface area (Å²) in [6.45, 7) is 1.96. The van der Waals surface area contributed by atoms with E-state index in [2.05, 4.69) is 58.5 Å². The fourth-order valence-corrected chi connectivity index (χ4v) is 4.90. The Morgan fingerprint density at radius 2 is 1.76 bits per heavy atom. The van der Waals surface area contributed by atoms with Gasteiger partial charge in [0.05, 0.1) is 0 Å². The third-order valence-corrected chi connectivity index (χ3v) is 5.62. The zero-order chi connectivity index (χ0) is 14.4. The van der Waals surface area contributed by atoms with Gasteiger partial charge in [-0.25, -0.2) is 0 Å². The van der Waals surface area contributed by atoms with Crippen LogP contribution in [0.3, 0.4) is 0 Å². The molecule has 0 amide bonds. The third-order valence-electron chi connectivity index (χ3n) is 3.50. The SMILES string of the molecule is Cc1n[c]([Bi])cc(-c2cccc3c2sc2ccccc23)n1. The first kappa shape index (κ1) is 13.3. The van der Waals surface area contributed by atoms with Crippen molar-refractivity contribution in [3.63, 3.8) is 0 Å². The molecule has 2 aromatic heterocycles. The van der Waals surface area contributed by atoms with E-state index in [-0.39, 0.29) is 0 Å². The first-order valence-corrected chi connectivity index (χ1v) is 9.23. The van der Waals surface area contributed by atoms with Crippen LogP contribution in [0.5, 0.6) is 0 Å². The van der Waals surface area contributed by atoms with Gasteiger partial charge in [0.15, 0.2) is 0 Å². The second kappa shape index (κ2) is 5.12. The molecule has 4 aromatic rings. The van der Waals surface area contributed by atoms with Gasteiger partial charge in [0.2, 0.25) is 0 Å². The van der Waals surface area contributed by atoms with E-state index in [4.69, 9.17) is 0 Å². The number of aryl methyl sites for hydroxylation is 1. The topological polar surface area (TPSA) is 25.8 Å². The fraction of sp³-hybridized carbons (Fsp3) is 0.0588. The number of thiophene rings is 1. The van der Waals surface area contributed by atoms with Crippen molar-refractivity contribution in [1.29, 1.82) is 0 Å². The van der Waals surface area contributed by atoms with E-state index < -0.39 is 0 Å². The molecule has 0 bridgehead atoms. The standard InChI is InChI=1S/C17H11N2S.Bi/c1-11-18-10-9-15(19-11)14-7-4-6-13-12-5-2-3-8-16(12)20-17(13)14;/h2-9H,1H3;. The molecule has 0 N–H and O–H groups in total. The summed E-state index contributed by atoms with van der Waals surface area (Å²) in [4.78, 5) is 9.06. The van der Waals surface area contributed by atoms with Crippen LogP contribution >= 0.6 is 11.3 Å². The fourth-order valence-electron chi connectivity index (χ4n) is 2.64. The van der Waals surface area contributed by atoms with Gasteiger partial charge in [-0.05, 0) is 0 Å². The van der Waals surface area contributed by atoms with Crippen LogP contribution in [0, 0.1) is 6.92 Å². The summed E-state index contributed by atoms with van der Waals surface area (Å²) >= 11 is 3.00. The van der Waals surface area contributed by atoms with Crippen LogP contribution in [0.15, 0.2) is 48.5 Å². The zero-order valence-corrected chi connectivity index (χ0v) is 15.7. The second-order valence-corrected chi connectivity index (χ2v) is 7.77. The summed E-state index contributed by atoms with van der Waals surface area (Å²) in [5, 5.41) is 2.64. The van der Waals surface area contributed by atoms with Gasteiger partial charge in [0.1, 0.15) is 0 Å². The van der Waals surface area contributed by atoms with Crippen molar-refractivity contribution in [2.24, 2.45) is 0 Å². The normalized spacial score (nSPS) is 11.3. The molecule has 0 aliphatic carbocycles. The van der Waals surface area contributed by atoms with E-state index in [1.165, 1.54) is 25.7 Å².